The molecule has 1 saturated carbocycles. The summed E-state index contributed by atoms with van der Waals surface area (Å²) in [6.07, 6.45) is 2.87. The van der Waals surface area contributed by atoms with E-state index in [1.165, 1.54) is 0 Å². The number of anilines is 1. The second-order valence-electron chi connectivity index (χ2n) is 5.65. The number of carbonyl (C=O) groups is 1. The van der Waals surface area contributed by atoms with Gasteiger partial charge in [-0.25, -0.2) is 4.98 Å². The number of aryl methyl sites for hydroxylation is 2. The largest absolute Gasteiger partial charge is 0.392 e. The van der Waals surface area contributed by atoms with Gasteiger partial charge in [0.15, 0.2) is 0 Å². The van der Waals surface area contributed by atoms with Crippen LogP contribution in [0.5, 0.6) is 0 Å². The molecular weight excluding hydrogens is 286 g/mol. The van der Waals surface area contributed by atoms with Crippen LogP contribution in [0.2, 0.25) is 0 Å². The number of aromatic nitrogens is 3. The van der Waals surface area contributed by atoms with Gasteiger partial charge in [0.25, 0.3) is 0 Å². The minimum atomic E-state index is -0.756. The van der Waals surface area contributed by atoms with Crippen LogP contribution in [0.15, 0.2) is 0 Å². The topological polar surface area (TPSA) is 93.8 Å². The smallest absolute Gasteiger partial charge is 0.249 e. The summed E-state index contributed by atoms with van der Waals surface area (Å²) in [5.41, 5.74) is 6.72. The van der Waals surface area contributed by atoms with Gasteiger partial charge >= 0.3 is 0 Å². The van der Waals surface area contributed by atoms with Crippen molar-refractivity contribution in [2.75, 3.05) is 5.32 Å². The predicted molar refractivity (Wildman–Crippen MR) is 84.8 cm³/mol. The average Bonchev–Trinajstić information content (AvgIpc) is 2.42. The van der Waals surface area contributed by atoms with Crippen molar-refractivity contribution >= 4 is 29.1 Å². The Balaban J connectivity index is 2.18. The fourth-order valence-electron chi connectivity index (χ4n) is 2.84. The van der Waals surface area contributed by atoms with E-state index in [9.17, 15) is 4.79 Å². The summed E-state index contributed by atoms with van der Waals surface area (Å²) in [5.74, 6) is 0.454. The molecule has 0 unspecified atom stereocenters. The number of rotatable bonds is 5. The molecular formula is C14H21N5OS. The molecule has 114 valence electrons. The maximum Gasteiger partial charge on any atom is 0.249 e. The Morgan fingerprint density at radius 2 is 1.95 bits per heavy atom. The molecule has 6 nitrogen and oxygen atoms in total. The highest BCUT2D eigenvalue weighted by molar-refractivity contribution is 7.80. The van der Waals surface area contributed by atoms with Crippen molar-refractivity contribution in [1.82, 2.24) is 15.2 Å². The van der Waals surface area contributed by atoms with Crippen molar-refractivity contribution in [2.24, 2.45) is 17.1 Å². The predicted octanol–water partition coefficient (Wildman–Crippen LogP) is 1.64. The van der Waals surface area contributed by atoms with Gasteiger partial charge in [0.05, 0.1) is 21.8 Å². The first kappa shape index (κ1) is 15.8. The molecule has 0 spiro atoms. The first-order valence-electron chi connectivity index (χ1n) is 7.26. The summed E-state index contributed by atoms with van der Waals surface area (Å²) < 4.78 is 0. The third kappa shape index (κ3) is 2.88. The van der Waals surface area contributed by atoms with E-state index >= 15 is 0 Å². The molecule has 0 aliphatic heterocycles. The molecule has 21 heavy (non-hydrogen) atoms. The highest BCUT2D eigenvalue weighted by Gasteiger charge is 2.51. The van der Waals surface area contributed by atoms with Crippen LogP contribution < -0.4 is 11.1 Å². The fourth-order valence-corrected chi connectivity index (χ4v) is 3.10. The third-order valence-corrected chi connectivity index (χ3v) is 4.43. The molecule has 1 aromatic heterocycles. The summed E-state index contributed by atoms with van der Waals surface area (Å²) in [4.78, 5) is 17.1. The van der Waals surface area contributed by atoms with Crippen LogP contribution in [-0.4, -0.2) is 26.1 Å². The Labute approximate surface area is 129 Å². The molecule has 1 aliphatic rings. The molecule has 1 aliphatic carbocycles. The zero-order chi connectivity index (χ0) is 15.6. The van der Waals surface area contributed by atoms with Crippen molar-refractivity contribution in [2.45, 2.75) is 46.5 Å². The molecule has 0 atom stereocenters. The normalized spacial score (nSPS) is 24.2. The van der Waals surface area contributed by atoms with Crippen LogP contribution in [0.25, 0.3) is 0 Å². The Morgan fingerprint density at radius 1 is 1.33 bits per heavy atom. The fraction of sp³-hybridized carbons (Fsp3) is 0.643. The Hall–Kier alpha value is -1.63. The standard InChI is InChI=1S/C14H21N5OS/c1-4-9-10(5-2)18-19-13(16-9)17-12(20)14(11(15)21)6-8(3)7-14/h8H,4-7H2,1-3H3,(H2,15,21)(H,16,17,19,20). The maximum absolute atomic E-state index is 12.5. The lowest BCUT2D eigenvalue weighted by Gasteiger charge is -2.43. The number of nitrogens with one attached hydrogen (secondary N) is 1. The van der Waals surface area contributed by atoms with Crippen LogP contribution >= 0.6 is 12.2 Å². The van der Waals surface area contributed by atoms with Crippen LogP contribution in [-0.2, 0) is 17.6 Å². The Bertz CT molecular complexity index is 568. The number of nitrogens with two attached hydrogens (primary N) is 1. The lowest BCUT2D eigenvalue weighted by atomic mass is 9.62. The zero-order valence-corrected chi connectivity index (χ0v) is 13.5. The van der Waals surface area contributed by atoms with E-state index in [2.05, 4.69) is 27.4 Å². The first-order valence-corrected chi connectivity index (χ1v) is 7.67. The van der Waals surface area contributed by atoms with E-state index in [4.69, 9.17) is 18.0 Å². The number of amides is 1. The van der Waals surface area contributed by atoms with Gasteiger partial charge in [0.1, 0.15) is 0 Å². The van der Waals surface area contributed by atoms with Crippen LogP contribution in [0.3, 0.4) is 0 Å². The van der Waals surface area contributed by atoms with Gasteiger partial charge in [-0.2, -0.15) is 0 Å². The minimum absolute atomic E-state index is 0.221. The first-order chi connectivity index (χ1) is 9.92. The molecule has 0 radical (unpaired) electrons. The molecule has 7 heteroatoms. The van der Waals surface area contributed by atoms with E-state index in [1.807, 2.05) is 13.8 Å². The molecule has 1 amide bonds. The number of hydrogen-bond acceptors (Lipinski definition) is 5. The monoisotopic (exact) mass is 307 g/mol. The Morgan fingerprint density at radius 3 is 2.43 bits per heavy atom. The molecule has 1 fully saturated rings. The lowest BCUT2D eigenvalue weighted by molar-refractivity contribution is -0.127. The molecule has 1 heterocycles. The van der Waals surface area contributed by atoms with Crippen LogP contribution in [0.4, 0.5) is 5.95 Å². The molecule has 0 saturated heterocycles. The van der Waals surface area contributed by atoms with E-state index in [1.54, 1.807) is 0 Å². The summed E-state index contributed by atoms with van der Waals surface area (Å²) in [5, 5.41) is 10.8. The van der Waals surface area contributed by atoms with E-state index in [0.29, 0.717) is 18.8 Å². The van der Waals surface area contributed by atoms with Gasteiger partial charge in [-0.1, -0.05) is 33.0 Å². The Kier molecular flexibility index (Phi) is 4.51. The van der Waals surface area contributed by atoms with Crippen molar-refractivity contribution in [1.29, 1.82) is 0 Å². The van der Waals surface area contributed by atoms with Gasteiger partial charge in [-0.3, -0.25) is 10.1 Å². The van der Waals surface area contributed by atoms with Gasteiger partial charge in [-0.05, 0) is 31.6 Å². The van der Waals surface area contributed by atoms with E-state index < -0.39 is 5.41 Å². The second kappa shape index (κ2) is 6.01. The summed E-state index contributed by atoms with van der Waals surface area (Å²) >= 11 is 5.07. The number of nitrogens with zero attached hydrogens (tertiary/aromatic N) is 3. The van der Waals surface area contributed by atoms with Crippen molar-refractivity contribution in [3.8, 4) is 0 Å². The molecule has 1 aromatic rings. The quantitative estimate of drug-likeness (QED) is 0.803. The van der Waals surface area contributed by atoms with Gasteiger partial charge in [0.2, 0.25) is 11.9 Å². The molecule has 0 aromatic carbocycles. The number of thiocarbonyl (C=S) groups is 1. The summed E-state index contributed by atoms with van der Waals surface area (Å²) in [6.45, 7) is 6.08. The van der Waals surface area contributed by atoms with Crippen LogP contribution in [0, 0.1) is 11.3 Å². The van der Waals surface area contributed by atoms with Crippen molar-refractivity contribution in [3.05, 3.63) is 11.4 Å². The van der Waals surface area contributed by atoms with E-state index in [0.717, 1.165) is 24.2 Å². The van der Waals surface area contributed by atoms with Gasteiger partial charge < -0.3 is 5.73 Å². The summed E-state index contributed by atoms with van der Waals surface area (Å²) in [6, 6.07) is 0. The molecule has 3 N–H and O–H groups in total. The lowest BCUT2D eigenvalue weighted by Crippen LogP contribution is -2.54. The number of hydrogen-bond donors (Lipinski definition) is 2. The van der Waals surface area contributed by atoms with E-state index in [-0.39, 0.29) is 16.8 Å². The number of carbonyl (C=O) groups excluding carboxylic acids is 1. The molecule has 2 rings (SSSR count). The average molecular weight is 307 g/mol. The van der Waals surface area contributed by atoms with Crippen molar-refractivity contribution < 1.29 is 4.79 Å². The van der Waals surface area contributed by atoms with Crippen LogP contribution in [0.1, 0.15) is 45.0 Å². The molecule has 0 bridgehead atoms. The minimum Gasteiger partial charge on any atom is -0.392 e. The third-order valence-electron chi connectivity index (χ3n) is 4.03. The zero-order valence-electron chi connectivity index (χ0n) is 12.6. The van der Waals surface area contributed by atoms with Crippen molar-refractivity contribution in [3.63, 3.8) is 0 Å². The highest BCUT2D eigenvalue weighted by atomic mass is 32.1. The highest BCUT2D eigenvalue weighted by Crippen LogP contribution is 2.46. The van der Waals surface area contributed by atoms with Gasteiger partial charge in [-0.15, -0.1) is 10.2 Å². The SMILES string of the molecule is CCc1nnc(NC(=O)C2(C(N)=S)CC(C)C2)nc1CC. The van der Waals surface area contributed by atoms with Gasteiger partial charge in [0, 0.05) is 0 Å². The maximum atomic E-state index is 12.5. The second-order valence-corrected chi connectivity index (χ2v) is 6.09. The summed E-state index contributed by atoms with van der Waals surface area (Å²) in [7, 11) is 0.